The number of carbonyl (C=O) groups excluding carboxylic acids is 2. The first-order valence-corrected chi connectivity index (χ1v) is 7.86. The molecule has 1 aliphatic rings. The van der Waals surface area contributed by atoms with Gasteiger partial charge >= 0.3 is 0 Å². The predicted octanol–water partition coefficient (Wildman–Crippen LogP) is 0.292. The van der Waals surface area contributed by atoms with Gasteiger partial charge in [0, 0.05) is 24.7 Å². The molecule has 1 aromatic carbocycles. The Hall–Kier alpha value is -1.93. The number of nitrogens with two attached hydrogens (primary N) is 1. The van der Waals surface area contributed by atoms with E-state index in [4.69, 9.17) is 9.88 Å². The number of nitrogens with zero attached hydrogens (tertiary/aromatic N) is 1. The Balaban J connectivity index is 2.35. The summed E-state index contributed by atoms with van der Waals surface area (Å²) in [6, 6.07) is 4.68. The summed E-state index contributed by atoms with van der Waals surface area (Å²) >= 11 is 0. The standard InChI is InChI=1S/C13H16N2O5S/c1-8(16)11-4-3-9(5-12(11)20-2)15-7-10(6-13(15)17)21(14,18)19/h3-5,10H,6-7H2,1-2H3,(H2,14,18,19). The van der Waals surface area contributed by atoms with E-state index in [0.717, 1.165) is 0 Å². The maximum Gasteiger partial charge on any atom is 0.228 e. The molecule has 114 valence electrons. The zero-order valence-electron chi connectivity index (χ0n) is 11.7. The number of hydrogen-bond acceptors (Lipinski definition) is 5. The van der Waals surface area contributed by atoms with Crippen LogP contribution in [-0.2, 0) is 14.8 Å². The number of ketones is 1. The van der Waals surface area contributed by atoms with Crippen LogP contribution >= 0.6 is 0 Å². The molecule has 1 unspecified atom stereocenters. The molecule has 8 heteroatoms. The largest absolute Gasteiger partial charge is 0.496 e. The van der Waals surface area contributed by atoms with Gasteiger partial charge in [0.05, 0.1) is 12.7 Å². The molecule has 0 spiro atoms. The summed E-state index contributed by atoms with van der Waals surface area (Å²) in [5, 5.41) is 4.17. The van der Waals surface area contributed by atoms with Gasteiger partial charge in [-0.1, -0.05) is 0 Å². The summed E-state index contributed by atoms with van der Waals surface area (Å²) in [7, 11) is -2.34. The van der Waals surface area contributed by atoms with Crippen molar-refractivity contribution in [1.29, 1.82) is 0 Å². The molecule has 7 nitrogen and oxygen atoms in total. The minimum Gasteiger partial charge on any atom is -0.496 e. The molecular weight excluding hydrogens is 296 g/mol. The molecule has 1 amide bonds. The maximum absolute atomic E-state index is 11.9. The SMILES string of the molecule is COc1cc(N2CC(S(N)(=O)=O)CC2=O)ccc1C(C)=O. The van der Waals surface area contributed by atoms with E-state index in [2.05, 4.69) is 0 Å². The molecule has 2 rings (SSSR count). The molecule has 0 bridgehead atoms. The van der Waals surface area contributed by atoms with Crippen LogP contribution in [0.15, 0.2) is 18.2 Å². The van der Waals surface area contributed by atoms with Crippen LogP contribution in [-0.4, -0.2) is 39.0 Å². The van der Waals surface area contributed by atoms with Crippen LogP contribution in [0.2, 0.25) is 0 Å². The van der Waals surface area contributed by atoms with Gasteiger partial charge in [0.15, 0.2) is 5.78 Å². The Morgan fingerprint density at radius 3 is 2.57 bits per heavy atom. The lowest BCUT2D eigenvalue weighted by Gasteiger charge is -2.18. The van der Waals surface area contributed by atoms with Gasteiger partial charge in [-0.05, 0) is 19.1 Å². The van der Waals surface area contributed by atoms with E-state index in [-0.39, 0.29) is 24.7 Å². The van der Waals surface area contributed by atoms with Crippen molar-refractivity contribution in [2.75, 3.05) is 18.6 Å². The van der Waals surface area contributed by atoms with Gasteiger partial charge in [0.25, 0.3) is 0 Å². The molecule has 0 radical (unpaired) electrons. The van der Waals surface area contributed by atoms with Crippen molar-refractivity contribution in [3.05, 3.63) is 23.8 Å². The Bertz CT molecular complexity index is 699. The molecule has 1 aliphatic heterocycles. The maximum atomic E-state index is 11.9. The number of rotatable bonds is 4. The highest BCUT2D eigenvalue weighted by molar-refractivity contribution is 7.89. The van der Waals surface area contributed by atoms with Crippen LogP contribution < -0.4 is 14.8 Å². The minimum absolute atomic E-state index is 0.000237. The lowest BCUT2D eigenvalue weighted by molar-refractivity contribution is -0.117. The fourth-order valence-electron chi connectivity index (χ4n) is 2.28. The van der Waals surface area contributed by atoms with Crippen LogP contribution in [0.25, 0.3) is 0 Å². The van der Waals surface area contributed by atoms with Gasteiger partial charge in [-0.2, -0.15) is 0 Å². The number of sulfonamides is 1. The molecule has 1 atom stereocenters. The Labute approximate surface area is 122 Å². The van der Waals surface area contributed by atoms with Gasteiger partial charge < -0.3 is 9.64 Å². The molecular formula is C13H16N2O5S. The first kappa shape index (κ1) is 15.5. The van der Waals surface area contributed by atoms with Crippen LogP contribution in [0.1, 0.15) is 23.7 Å². The highest BCUT2D eigenvalue weighted by Crippen LogP contribution is 2.30. The van der Waals surface area contributed by atoms with Crippen molar-refractivity contribution in [3.63, 3.8) is 0 Å². The summed E-state index contributed by atoms with van der Waals surface area (Å²) < 4.78 is 27.8. The van der Waals surface area contributed by atoms with E-state index in [0.29, 0.717) is 17.0 Å². The highest BCUT2D eigenvalue weighted by atomic mass is 32.2. The van der Waals surface area contributed by atoms with E-state index >= 15 is 0 Å². The summed E-state index contributed by atoms with van der Waals surface area (Å²) in [4.78, 5) is 24.7. The number of hydrogen-bond donors (Lipinski definition) is 1. The monoisotopic (exact) mass is 312 g/mol. The number of carbonyl (C=O) groups is 2. The highest BCUT2D eigenvalue weighted by Gasteiger charge is 2.37. The van der Waals surface area contributed by atoms with Gasteiger partial charge in [0.1, 0.15) is 11.0 Å². The molecule has 1 saturated heterocycles. The van der Waals surface area contributed by atoms with Crippen molar-refractivity contribution in [2.45, 2.75) is 18.6 Å². The first-order valence-electron chi connectivity index (χ1n) is 6.25. The Kier molecular flexibility index (Phi) is 4.02. The topological polar surface area (TPSA) is 107 Å². The molecule has 2 N–H and O–H groups in total. The van der Waals surface area contributed by atoms with Crippen molar-refractivity contribution >= 4 is 27.4 Å². The van der Waals surface area contributed by atoms with Gasteiger partial charge in [-0.15, -0.1) is 0 Å². The number of primary sulfonamides is 1. The smallest absolute Gasteiger partial charge is 0.228 e. The number of Topliss-reactive ketones (excluding diaryl/α,β-unsaturated/α-hetero) is 1. The third kappa shape index (κ3) is 3.06. The fraction of sp³-hybridized carbons (Fsp3) is 0.385. The van der Waals surface area contributed by atoms with Crippen molar-refractivity contribution in [3.8, 4) is 5.75 Å². The fourth-order valence-corrected chi connectivity index (χ4v) is 3.01. The van der Waals surface area contributed by atoms with Gasteiger partial charge in [-0.3, -0.25) is 9.59 Å². The van der Waals surface area contributed by atoms with Crippen molar-refractivity contribution < 1.29 is 22.7 Å². The number of anilines is 1. The van der Waals surface area contributed by atoms with Gasteiger partial charge in [0.2, 0.25) is 15.9 Å². The third-order valence-electron chi connectivity index (χ3n) is 3.43. The van der Waals surface area contributed by atoms with E-state index in [1.807, 2.05) is 0 Å². The van der Waals surface area contributed by atoms with Crippen LogP contribution in [0.3, 0.4) is 0 Å². The Morgan fingerprint density at radius 2 is 2.10 bits per heavy atom. The first-order chi connectivity index (χ1) is 9.74. The quantitative estimate of drug-likeness (QED) is 0.804. The number of ether oxygens (including phenoxy) is 1. The molecule has 0 aliphatic carbocycles. The van der Waals surface area contributed by atoms with E-state index < -0.39 is 15.3 Å². The molecule has 1 heterocycles. The predicted molar refractivity (Wildman–Crippen MR) is 76.9 cm³/mol. The molecule has 1 fully saturated rings. The second-order valence-electron chi connectivity index (χ2n) is 4.86. The molecule has 21 heavy (non-hydrogen) atoms. The van der Waals surface area contributed by atoms with E-state index in [1.54, 1.807) is 18.2 Å². The summed E-state index contributed by atoms with van der Waals surface area (Å²) in [6.45, 7) is 1.41. The number of methoxy groups -OCH3 is 1. The Morgan fingerprint density at radius 1 is 1.43 bits per heavy atom. The van der Waals surface area contributed by atoms with E-state index in [9.17, 15) is 18.0 Å². The molecule has 0 saturated carbocycles. The third-order valence-corrected chi connectivity index (χ3v) is 4.68. The van der Waals surface area contributed by atoms with Crippen molar-refractivity contribution in [1.82, 2.24) is 0 Å². The normalized spacial score (nSPS) is 18.9. The second kappa shape index (κ2) is 5.45. The van der Waals surface area contributed by atoms with Crippen LogP contribution in [0, 0.1) is 0 Å². The van der Waals surface area contributed by atoms with Gasteiger partial charge in [-0.25, -0.2) is 13.6 Å². The van der Waals surface area contributed by atoms with Crippen molar-refractivity contribution in [2.24, 2.45) is 5.14 Å². The molecule has 0 aromatic heterocycles. The zero-order valence-corrected chi connectivity index (χ0v) is 12.5. The lowest BCUT2D eigenvalue weighted by Crippen LogP contribution is -2.32. The zero-order chi connectivity index (χ0) is 15.8. The average Bonchev–Trinajstić information content (AvgIpc) is 2.80. The average molecular weight is 312 g/mol. The van der Waals surface area contributed by atoms with E-state index in [1.165, 1.54) is 18.9 Å². The molecule has 1 aromatic rings. The summed E-state index contributed by atoms with van der Waals surface area (Å²) in [5.74, 6) is -0.146. The summed E-state index contributed by atoms with van der Waals surface area (Å²) in [5.41, 5.74) is 0.879. The van der Waals surface area contributed by atoms with Crippen LogP contribution in [0.5, 0.6) is 5.75 Å². The van der Waals surface area contributed by atoms with Crippen LogP contribution in [0.4, 0.5) is 5.69 Å². The minimum atomic E-state index is -3.76. The lowest BCUT2D eigenvalue weighted by atomic mass is 10.1. The number of benzene rings is 1. The number of amides is 1. The summed E-state index contributed by atoms with van der Waals surface area (Å²) in [6.07, 6.45) is -0.143. The second-order valence-corrected chi connectivity index (χ2v) is 6.70.